The number of carboxylic acid groups (broad SMARTS) is 2. The van der Waals surface area contributed by atoms with Gasteiger partial charge in [0.25, 0.3) is 11.5 Å². The van der Waals surface area contributed by atoms with Crippen LogP contribution in [0.2, 0.25) is 6.82 Å². The number of carbonyl (C=O) groups excluding carboxylic acids is 1. The van der Waals surface area contributed by atoms with Crippen molar-refractivity contribution in [2.24, 2.45) is 0 Å². The van der Waals surface area contributed by atoms with Crippen LogP contribution < -0.4 is 21.4 Å². The van der Waals surface area contributed by atoms with Gasteiger partial charge in [0, 0.05) is 17.7 Å². The van der Waals surface area contributed by atoms with E-state index in [2.05, 4.69) is 35.8 Å². The minimum atomic E-state index is -1.31. The molecule has 0 spiro atoms. The van der Waals surface area contributed by atoms with Crippen LogP contribution in [0.5, 0.6) is 0 Å². The maximum Gasteiger partial charge on any atom is 0.326 e. The fourth-order valence-electron chi connectivity index (χ4n) is 2.94. The molecule has 1 unspecified atom stereocenters. The Labute approximate surface area is 193 Å². The maximum absolute atomic E-state index is 12.3. The lowest BCUT2D eigenvalue weighted by Gasteiger charge is -2.14. The number of aliphatic carboxylic acids is 2. The van der Waals surface area contributed by atoms with E-state index in [-0.39, 0.29) is 42.1 Å². The Morgan fingerprint density at radius 3 is 2.53 bits per heavy atom. The summed E-state index contributed by atoms with van der Waals surface area (Å²) in [6, 6.07) is 4.91. The zero-order chi connectivity index (χ0) is 24.7. The number of benzene rings is 1. The molecule has 1 radical (unpaired) electrons. The predicted molar refractivity (Wildman–Crippen MR) is 123 cm³/mol. The third kappa shape index (κ3) is 6.28. The van der Waals surface area contributed by atoms with Crippen LogP contribution in [0.15, 0.2) is 35.3 Å². The number of carboxylic acids is 2. The van der Waals surface area contributed by atoms with Crippen molar-refractivity contribution in [3.63, 3.8) is 0 Å². The van der Waals surface area contributed by atoms with Gasteiger partial charge in [-0.25, -0.2) is 14.8 Å². The number of hydrogen-bond acceptors (Lipinski definition) is 9. The Hall–Kier alpha value is -4.49. The number of H-pyrrole nitrogens is 1. The molecule has 3 aromatic rings. The van der Waals surface area contributed by atoms with E-state index in [9.17, 15) is 19.2 Å². The minimum Gasteiger partial charge on any atom is -0.481 e. The summed E-state index contributed by atoms with van der Waals surface area (Å²) in [4.78, 5) is 61.6. The number of nitrogens with one attached hydrogen (secondary N) is 4. The fourth-order valence-corrected chi connectivity index (χ4v) is 2.94. The molecule has 6 N–H and O–H groups in total. The molecule has 0 aliphatic heterocycles. The number of amides is 1. The van der Waals surface area contributed by atoms with Crippen molar-refractivity contribution in [3.05, 3.63) is 52.1 Å². The lowest BCUT2D eigenvalue weighted by Crippen LogP contribution is -2.41. The van der Waals surface area contributed by atoms with Gasteiger partial charge in [0.05, 0.1) is 18.4 Å². The van der Waals surface area contributed by atoms with Crippen molar-refractivity contribution >= 4 is 48.1 Å². The van der Waals surface area contributed by atoms with E-state index in [0.717, 1.165) is 0 Å². The van der Waals surface area contributed by atoms with Crippen molar-refractivity contribution in [3.8, 4) is 0 Å². The van der Waals surface area contributed by atoms with Crippen molar-refractivity contribution in [1.29, 1.82) is 0 Å². The monoisotopic (exact) mass is 466 g/mol. The van der Waals surface area contributed by atoms with E-state index in [0.29, 0.717) is 11.4 Å². The van der Waals surface area contributed by atoms with Crippen LogP contribution in [0.3, 0.4) is 0 Å². The van der Waals surface area contributed by atoms with Crippen LogP contribution in [-0.2, 0) is 16.1 Å². The largest absolute Gasteiger partial charge is 0.481 e. The van der Waals surface area contributed by atoms with E-state index >= 15 is 0 Å². The number of fused-ring (bicyclic) bond motifs is 1. The second-order valence-corrected chi connectivity index (χ2v) is 7.11. The number of nitrogens with zero attached hydrogens (tertiary/aromatic N) is 3. The Morgan fingerprint density at radius 1 is 1.15 bits per heavy atom. The molecule has 1 amide bonds. The third-order valence-electron chi connectivity index (χ3n) is 4.62. The summed E-state index contributed by atoms with van der Waals surface area (Å²) in [5, 5.41) is 26.1. The summed E-state index contributed by atoms with van der Waals surface area (Å²) in [5.41, 5.74) is 1.22. The van der Waals surface area contributed by atoms with Gasteiger partial charge in [-0.3, -0.25) is 19.4 Å². The number of aromatic nitrogens is 4. The Kier molecular flexibility index (Phi) is 7.74. The van der Waals surface area contributed by atoms with E-state index in [1.165, 1.54) is 18.3 Å². The molecule has 0 bridgehead atoms. The standard InChI is InChI=1S/C20H21BN7O6/c1-21-28-20-26-16-15(18(32)27-20)24-12(9-23-16)8-22-11-4-2-10(3-5-11)17(31)25-13(19(33)34)6-7-14(29)30/h2-5,9,13,22H,6-8H2,1H3,(H,25,31)(H,29,30)(H,33,34)(H2,23,26,27,28,32). The number of carbonyl (C=O) groups is 3. The molecule has 1 aromatic carbocycles. The van der Waals surface area contributed by atoms with Gasteiger partial charge in [0.2, 0.25) is 7.41 Å². The molecule has 2 heterocycles. The first-order chi connectivity index (χ1) is 16.3. The fraction of sp³-hybridized carbons (Fsp3) is 0.250. The highest BCUT2D eigenvalue weighted by Gasteiger charge is 2.21. The van der Waals surface area contributed by atoms with E-state index in [4.69, 9.17) is 10.2 Å². The lowest BCUT2D eigenvalue weighted by molar-refractivity contribution is -0.140. The average Bonchev–Trinajstić information content (AvgIpc) is 2.80. The molecule has 14 heteroatoms. The Bertz CT molecular complexity index is 1260. The Morgan fingerprint density at radius 2 is 1.88 bits per heavy atom. The summed E-state index contributed by atoms with van der Waals surface area (Å²) in [5.74, 6) is -2.83. The van der Waals surface area contributed by atoms with Gasteiger partial charge in [-0.1, -0.05) is 6.82 Å². The first-order valence-electron chi connectivity index (χ1n) is 10.2. The van der Waals surface area contributed by atoms with Crippen molar-refractivity contribution < 1.29 is 24.6 Å². The van der Waals surface area contributed by atoms with Crippen LogP contribution in [0.25, 0.3) is 11.2 Å². The van der Waals surface area contributed by atoms with E-state index in [1.807, 2.05) is 0 Å². The SMILES string of the molecule is C[B]Nc1nc2ncc(CNc3ccc(C(=O)NC(CCC(=O)O)C(=O)O)cc3)nc2c(=O)[nH]1. The van der Waals surface area contributed by atoms with Gasteiger partial charge in [0.15, 0.2) is 17.1 Å². The highest BCUT2D eigenvalue weighted by Crippen LogP contribution is 2.12. The van der Waals surface area contributed by atoms with E-state index < -0.39 is 29.4 Å². The summed E-state index contributed by atoms with van der Waals surface area (Å²) in [6.45, 7) is 1.99. The summed E-state index contributed by atoms with van der Waals surface area (Å²) < 4.78 is 0. The molecule has 2 aromatic heterocycles. The molecule has 3 rings (SSSR count). The van der Waals surface area contributed by atoms with Crippen LogP contribution in [0.4, 0.5) is 11.6 Å². The number of hydrogen-bond donors (Lipinski definition) is 6. The molecular weight excluding hydrogens is 445 g/mol. The van der Waals surface area contributed by atoms with Gasteiger partial charge in [-0.2, -0.15) is 4.98 Å². The van der Waals surface area contributed by atoms with Crippen LogP contribution in [0.1, 0.15) is 28.9 Å². The zero-order valence-corrected chi connectivity index (χ0v) is 18.0. The number of rotatable bonds is 11. The van der Waals surface area contributed by atoms with Crippen molar-refractivity contribution in [2.45, 2.75) is 32.3 Å². The molecule has 0 fully saturated rings. The van der Waals surface area contributed by atoms with E-state index in [1.54, 1.807) is 26.4 Å². The second kappa shape index (κ2) is 10.9. The van der Waals surface area contributed by atoms with Gasteiger partial charge in [-0.15, -0.1) is 0 Å². The molecule has 34 heavy (non-hydrogen) atoms. The normalized spacial score (nSPS) is 11.4. The van der Waals surface area contributed by atoms with Crippen molar-refractivity contribution in [1.82, 2.24) is 25.3 Å². The van der Waals surface area contributed by atoms with Gasteiger partial charge in [-0.05, 0) is 30.7 Å². The molecular formula is C20H21BN7O6. The number of anilines is 2. The average molecular weight is 466 g/mol. The summed E-state index contributed by atoms with van der Waals surface area (Å²) in [6.07, 6.45) is 0.886. The number of aromatic amines is 1. The molecule has 0 aliphatic rings. The second-order valence-electron chi connectivity index (χ2n) is 7.11. The van der Waals surface area contributed by atoms with Crippen molar-refractivity contribution in [2.75, 3.05) is 10.5 Å². The minimum absolute atomic E-state index is 0.101. The van der Waals surface area contributed by atoms with Crippen LogP contribution in [0, 0.1) is 0 Å². The smallest absolute Gasteiger partial charge is 0.326 e. The van der Waals surface area contributed by atoms with Crippen LogP contribution >= 0.6 is 0 Å². The first-order valence-corrected chi connectivity index (χ1v) is 10.2. The Balaban J connectivity index is 1.62. The third-order valence-corrected chi connectivity index (χ3v) is 4.62. The molecule has 1 atom stereocenters. The maximum atomic E-state index is 12.3. The molecule has 175 valence electrons. The lowest BCUT2D eigenvalue weighted by atomic mass is 10.0. The topological polar surface area (TPSA) is 199 Å². The summed E-state index contributed by atoms with van der Waals surface area (Å²) >= 11 is 0. The molecule has 0 saturated carbocycles. The highest BCUT2D eigenvalue weighted by atomic mass is 16.4. The molecule has 0 aliphatic carbocycles. The quantitative estimate of drug-likeness (QED) is 0.214. The van der Waals surface area contributed by atoms with Gasteiger partial charge in [0.1, 0.15) is 6.04 Å². The summed E-state index contributed by atoms with van der Waals surface area (Å²) in [7, 11) is 1.62. The molecule has 13 nitrogen and oxygen atoms in total. The van der Waals surface area contributed by atoms with Crippen LogP contribution in [-0.4, -0.2) is 61.5 Å². The zero-order valence-electron chi connectivity index (χ0n) is 18.0. The van der Waals surface area contributed by atoms with Gasteiger partial charge >= 0.3 is 11.9 Å². The predicted octanol–water partition coefficient (Wildman–Crippen LogP) is 0.452. The first kappa shape index (κ1) is 24.2. The highest BCUT2D eigenvalue weighted by molar-refractivity contribution is 6.38. The molecule has 0 saturated heterocycles. The van der Waals surface area contributed by atoms with Gasteiger partial charge < -0.3 is 26.1 Å².